The molecule has 170 valence electrons. The molecule has 2 aliphatic rings. The molecule has 2 heterocycles. The van der Waals surface area contributed by atoms with Gasteiger partial charge in [0.05, 0.1) is 0 Å². The van der Waals surface area contributed by atoms with Gasteiger partial charge in [-0.2, -0.15) is 9.97 Å². The van der Waals surface area contributed by atoms with Crippen molar-refractivity contribution < 1.29 is 0 Å². The Balaban J connectivity index is 0.00000261. The van der Waals surface area contributed by atoms with Gasteiger partial charge in [0.15, 0.2) is 11.0 Å². The molecule has 1 aromatic heterocycles. The maximum absolute atomic E-state index is 6.36. The Bertz CT molecular complexity index is 592. The van der Waals surface area contributed by atoms with Crippen molar-refractivity contribution in [1.82, 2.24) is 14.9 Å². The summed E-state index contributed by atoms with van der Waals surface area (Å²) in [6, 6.07) is 0.436. The second-order valence-corrected chi connectivity index (χ2v) is 8.14. The highest BCUT2D eigenvalue weighted by molar-refractivity contribution is 6.42. The summed E-state index contributed by atoms with van der Waals surface area (Å²) < 4.78 is 0. The van der Waals surface area contributed by atoms with Gasteiger partial charge in [-0.1, -0.05) is 23.2 Å². The smallest absolute Gasteiger partial charge is 0.226 e. The van der Waals surface area contributed by atoms with Crippen LogP contribution in [0.25, 0.3) is 0 Å². The largest absolute Gasteiger partial charge is 0.354 e. The van der Waals surface area contributed by atoms with E-state index in [-0.39, 0.29) is 37.2 Å². The molecular weight excluding hydrogens is 478 g/mol. The quantitative estimate of drug-likeness (QED) is 0.549. The Morgan fingerprint density at radius 2 is 1.62 bits per heavy atom. The van der Waals surface area contributed by atoms with Crippen molar-refractivity contribution >= 4 is 72.2 Å². The van der Waals surface area contributed by atoms with E-state index < -0.39 is 0 Å². The molecule has 1 saturated carbocycles. The predicted octanol–water partition coefficient (Wildman–Crippen LogP) is 4.51. The van der Waals surface area contributed by atoms with Gasteiger partial charge in [-0.3, -0.25) is 4.90 Å². The Labute approximate surface area is 202 Å². The summed E-state index contributed by atoms with van der Waals surface area (Å²) in [6.45, 7) is 7.81. The van der Waals surface area contributed by atoms with Gasteiger partial charge in [-0.25, -0.2) is 0 Å². The van der Waals surface area contributed by atoms with E-state index >= 15 is 0 Å². The second-order valence-electron chi connectivity index (χ2n) is 7.40. The van der Waals surface area contributed by atoms with Crippen LogP contribution in [0, 0.1) is 5.92 Å². The highest BCUT2D eigenvalue weighted by atomic mass is 35.5. The summed E-state index contributed by atoms with van der Waals surface area (Å²) in [4.78, 5) is 13.5. The van der Waals surface area contributed by atoms with Gasteiger partial charge in [0, 0.05) is 38.8 Å². The summed E-state index contributed by atoms with van der Waals surface area (Å²) in [5.74, 6) is 2.13. The van der Waals surface area contributed by atoms with Crippen LogP contribution in [0.15, 0.2) is 0 Å². The lowest BCUT2D eigenvalue weighted by atomic mass is 9.84. The average molecular weight is 511 g/mol. The van der Waals surface area contributed by atoms with Crippen LogP contribution < -0.4 is 16.0 Å². The number of hydrogen-bond donors (Lipinski definition) is 2. The molecule has 1 aliphatic heterocycles. The van der Waals surface area contributed by atoms with E-state index in [1.54, 1.807) is 0 Å². The van der Waals surface area contributed by atoms with Crippen molar-refractivity contribution in [3.63, 3.8) is 0 Å². The SMILES string of the molecule is CCNc1nc(Cl)c(Cl)c(N2CCN(CCC3CCC(N)CC3)CC2)n1.Cl.Cl.Cl. The second kappa shape index (κ2) is 14.2. The van der Waals surface area contributed by atoms with E-state index in [0.717, 1.165) is 44.5 Å². The van der Waals surface area contributed by atoms with Crippen LogP contribution in [0.4, 0.5) is 11.8 Å². The molecule has 3 rings (SSSR count). The lowest BCUT2D eigenvalue weighted by Gasteiger charge is -2.37. The molecule has 0 bridgehead atoms. The third kappa shape index (κ3) is 8.24. The molecule has 0 spiro atoms. The van der Waals surface area contributed by atoms with Crippen LogP contribution in [0.1, 0.15) is 39.0 Å². The zero-order valence-electron chi connectivity index (χ0n) is 16.8. The number of piperazine rings is 1. The van der Waals surface area contributed by atoms with E-state index in [1.165, 1.54) is 38.6 Å². The third-order valence-corrected chi connectivity index (χ3v) is 6.26. The molecule has 2 fully saturated rings. The van der Waals surface area contributed by atoms with Gasteiger partial charge in [-0.15, -0.1) is 37.2 Å². The Morgan fingerprint density at radius 3 is 2.21 bits per heavy atom. The maximum atomic E-state index is 6.36. The topological polar surface area (TPSA) is 70.3 Å². The fourth-order valence-corrected chi connectivity index (χ4v) is 4.25. The normalized spacial score (nSPS) is 22.1. The minimum absolute atomic E-state index is 0. The van der Waals surface area contributed by atoms with E-state index in [0.29, 0.717) is 22.2 Å². The van der Waals surface area contributed by atoms with E-state index in [4.69, 9.17) is 28.9 Å². The van der Waals surface area contributed by atoms with Crippen LogP contribution in [-0.4, -0.2) is 60.2 Å². The molecular formula is C18H33Cl5N6. The van der Waals surface area contributed by atoms with Crippen molar-refractivity contribution in [2.45, 2.75) is 45.1 Å². The number of anilines is 2. The first kappa shape index (κ1) is 29.1. The Hall–Kier alpha value is 0.0500. The lowest BCUT2D eigenvalue weighted by molar-refractivity contribution is 0.216. The zero-order valence-corrected chi connectivity index (χ0v) is 20.7. The van der Waals surface area contributed by atoms with Crippen molar-refractivity contribution in [2.24, 2.45) is 11.7 Å². The zero-order chi connectivity index (χ0) is 18.5. The summed E-state index contributed by atoms with van der Waals surface area (Å²) in [5, 5.41) is 3.87. The molecule has 3 N–H and O–H groups in total. The monoisotopic (exact) mass is 508 g/mol. The van der Waals surface area contributed by atoms with E-state index in [9.17, 15) is 0 Å². The summed E-state index contributed by atoms with van der Waals surface area (Å²) in [6.07, 6.45) is 6.27. The van der Waals surface area contributed by atoms with Crippen molar-refractivity contribution in [3.05, 3.63) is 10.2 Å². The average Bonchev–Trinajstić information content (AvgIpc) is 2.65. The van der Waals surface area contributed by atoms with Gasteiger partial charge < -0.3 is 16.0 Å². The standard InChI is InChI=1S/C18H30Cl2N6.3ClH/c1-2-22-18-23-16(20)15(19)17(24-18)26-11-9-25(10-12-26)8-7-13-3-5-14(21)6-4-13;;;/h13-14H,2-12,21H2,1H3,(H,22,23,24);3*1H. The van der Waals surface area contributed by atoms with E-state index in [2.05, 4.69) is 25.1 Å². The molecule has 0 unspecified atom stereocenters. The van der Waals surface area contributed by atoms with Crippen molar-refractivity contribution in [3.8, 4) is 0 Å². The molecule has 0 amide bonds. The molecule has 0 atom stereocenters. The minimum Gasteiger partial charge on any atom is -0.354 e. The van der Waals surface area contributed by atoms with Gasteiger partial charge in [0.25, 0.3) is 0 Å². The summed E-state index contributed by atoms with van der Waals surface area (Å²) in [7, 11) is 0. The van der Waals surface area contributed by atoms with Gasteiger partial charge in [0.1, 0.15) is 5.02 Å². The summed E-state index contributed by atoms with van der Waals surface area (Å²) >= 11 is 12.5. The molecule has 0 aromatic carbocycles. The van der Waals surface area contributed by atoms with E-state index in [1.807, 2.05) is 6.92 Å². The highest BCUT2D eigenvalue weighted by Gasteiger charge is 2.24. The molecule has 1 saturated heterocycles. The van der Waals surface area contributed by atoms with Gasteiger partial charge >= 0.3 is 0 Å². The number of nitrogens with two attached hydrogens (primary N) is 1. The number of nitrogens with zero attached hydrogens (tertiary/aromatic N) is 4. The van der Waals surface area contributed by atoms with Gasteiger partial charge in [-0.05, 0) is 51.5 Å². The number of nitrogens with one attached hydrogen (secondary N) is 1. The number of rotatable bonds is 6. The lowest BCUT2D eigenvalue weighted by Crippen LogP contribution is -2.47. The third-order valence-electron chi connectivity index (χ3n) is 5.55. The molecule has 0 radical (unpaired) electrons. The number of aromatic nitrogens is 2. The van der Waals surface area contributed by atoms with Crippen molar-refractivity contribution in [1.29, 1.82) is 0 Å². The first-order valence-corrected chi connectivity index (χ1v) is 10.5. The molecule has 1 aromatic rings. The maximum Gasteiger partial charge on any atom is 0.226 e. The molecule has 6 nitrogen and oxygen atoms in total. The fourth-order valence-electron chi connectivity index (χ4n) is 3.88. The highest BCUT2D eigenvalue weighted by Crippen LogP contribution is 2.32. The Kier molecular flexibility index (Phi) is 14.2. The van der Waals surface area contributed by atoms with Crippen LogP contribution in [-0.2, 0) is 0 Å². The minimum atomic E-state index is 0. The van der Waals surface area contributed by atoms with Crippen molar-refractivity contribution in [2.75, 3.05) is 49.5 Å². The van der Waals surface area contributed by atoms with Crippen LogP contribution in [0.2, 0.25) is 10.2 Å². The van der Waals surface area contributed by atoms with Gasteiger partial charge in [0.2, 0.25) is 5.95 Å². The number of halogens is 5. The molecule has 11 heteroatoms. The first-order chi connectivity index (χ1) is 12.6. The first-order valence-electron chi connectivity index (χ1n) is 9.76. The van der Waals surface area contributed by atoms with Crippen LogP contribution in [0.3, 0.4) is 0 Å². The van der Waals surface area contributed by atoms with Crippen LogP contribution >= 0.6 is 60.4 Å². The summed E-state index contributed by atoms with van der Waals surface area (Å²) in [5.41, 5.74) is 6.01. The predicted molar refractivity (Wildman–Crippen MR) is 131 cm³/mol. The number of hydrogen-bond acceptors (Lipinski definition) is 6. The van der Waals surface area contributed by atoms with Crippen LogP contribution in [0.5, 0.6) is 0 Å². The Morgan fingerprint density at radius 1 is 1.00 bits per heavy atom. The molecule has 1 aliphatic carbocycles. The molecule has 29 heavy (non-hydrogen) atoms. The fraction of sp³-hybridized carbons (Fsp3) is 0.778.